The van der Waals surface area contributed by atoms with Crippen LogP contribution < -0.4 is 0 Å². The fourth-order valence-corrected chi connectivity index (χ4v) is 2.19. The number of rotatable bonds is 3. The summed E-state index contributed by atoms with van der Waals surface area (Å²) < 4.78 is 5.95. The van der Waals surface area contributed by atoms with E-state index < -0.39 is 0 Å². The van der Waals surface area contributed by atoms with Gasteiger partial charge < -0.3 is 4.74 Å². The third kappa shape index (κ3) is 3.97. The van der Waals surface area contributed by atoms with Gasteiger partial charge in [-0.25, -0.2) is 0 Å². The highest BCUT2D eigenvalue weighted by Crippen LogP contribution is 2.19. The van der Waals surface area contributed by atoms with Crippen molar-refractivity contribution in [3.63, 3.8) is 0 Å². The summed E-state index contributed by atoms with van der Waals surface area (Å²) >= 11 is 0. The SMILES string of the molecule is [CH]1CCCCCCC1OCc1ccccc1. The molecule has 2 rings (SSSR count). The Morgan fingerprint density at radius 2 is 1.81 bits per heavy atom. The summed E-state index contributed by atoms with van der Waals surface area (Å²) in [4.78, 5) is 0. The summed E-state index contributed by atoms with van der Waals surface area (Å²) in [5, 5.41) is 0. The first-order chi connectivity index (χ1) is 7.95. The predicted octanol–water partition coefficient (Wildman–Crippen LogP) is 4.13. The molecule has 1 aliphatic rings. The summed E-state index contributed by atoms with van der Waals surface area (Å²) in [6.45, 7) is 0.752. The summed E-state index contributed by atoms with van der Waals surface area (Å²) in [5.74, 6) is 0. The second-order valence-electron chi connectivity index (χ2n) is 4.56. The van der Waals surface area contributed by atoms with Crippen LogP contribution in [0, 0.1) is 6.42 Å². The third-order valence-corrected chi connectivity index (χ3v) is 3.18. The first kappa shape index (κ1) is 11.7. The summed E-state index contributed by atoms with van der Waals surface area (Å²) in [6, 6.07) is 10.4. The molecule has 1 nitrogen and oxygen atoms in total. The van der Waals surface area contributed by atoms with E-state index in [4.69, 9.17) is 4.74 Å². The van der Waals surface area contributed by atoms with Crippen molar-refractivity contribution < 1.29 is 4.74 Å². The lowest BCUT2D eigenvalue weighted by Gasteiger charge is -2.20. The maximum absolute atomic E-state index is 5.95. The largest absolute Gasteiger partial charge is 0.373 e. The second kappa shape index (κ2) is 6.70. The molecule has 0 amide bonds. The highest BCUT2D eigenvalue weighted by Gasteiger charge is 2.11. The molecule has 0 saturated heterocycles. The molecule has 1 fully saturated rings. The molecular weight excluding hydrogens is 196 g/mol. The Kier molecular flexibility index (Phi) is 4.88. The molecule has 0 aliphatic heterocycles. The van der Waals surface area contributed by atoms with Crippen molar-refractivity contribution in [1.29, 1.82) is 0 Å². The fourth-order valence-electron chi connectivity index (χ4n) is 2.19. The Morgan fingerprint density at radius 3 is 2.69 bits per heavy atom. The van der Waals surface area contributed by atoms with Gasteiger partial charge in [0.15, 0.2) is 0 Å². The van der Waals surface area contributed by atoms with E-state index in [1.54, 1.807) is 0 Å². The van der Waals surface area contributed by atoms with Crippen molar-refractivity contribution in [2.24, 2.45) is 0 Å². The zero-order chi connectivity index (χ0) is 11.1. The molecule has 1 atom stereocenters. The molecule has 0 N–H and O–H groups in total. The minimum Gasteiger partial charge on any atom is -0.373 e. The maximum Gasteiger partial charge on any atom is 0.0720 e. The van der Waals surface area contributed by atoms with Gasteiger partial charge in [-0.2, -0.15) is 0 Å². The van der Waals surface area contributed by atoms with Gasteiger partial charge in [-0.05, 0) is 24.8 Å². The Balaban J connectivity index is 1.75. The fraction of sp³-hybridized carbons (Fsp3) is 0.533. The predicted molar refractivity (Wildman–Crippen MR) is 67.0 cm³/mol. The number of hydrogen-bond donors (Lipinski definition) is 0. The molecule has 87 valence electrons. The lowest BCUT2D eigenvalue weighted by atomic mass is 9.98. The van der Waals surface area contributed by atoms with Gasteiger partial charge >= 0.3 is 0 Å². The van der Waals surface area contributed by atoms with Crippen LogP contribution in [-0.4, -0.2) is 6.10 Å². The van der Waals surface area contributed by atoms with E-state index in [2.05, 4.69) is 30.7 Å². The van der Waals surface area contributed by atoms with Crippen LogP contribution in [0.4, 0.5) is 0 Å². The van der Waals surface area contributed by atoms with Crippen LogP contribution in [0.3, 0.4) is 0 Å². The quantitative estimate of drug-likeness (QED) is 0.739. The molecule has 1 radical (unpaired) electrons. The molecule has 0 spiro atoms. The van der Waals surface area contributed by atoms with Crippen LogP contribution in [0.5, 0.6) is 0 Å². The van der Waals surface area contributed by atoms with Crippen LogP contribution in [0.25, 0.3) is 0 Å². The first-order valence-electron chi connectivity index (χ1n) is 6.44. The molecule has 0 bridgehead atoms. The summed E-state index contributed by atoms with van der Waals surface area (Å²) in [7, 11) is 0. The van der Waals surface area contributed by atoms with Gasteiger partial charge in [0.25, 0.3) is 0 Å². The normalized spacial score (nSPS) is 19.0. The standard InChI is InChI=1S/C15H21O/c1-2-7-11-15(12-8-3-1)16-13-14-9-5-4-6-10-14/h4-6,9-11,15H,1-3,7-8,12-13H2. The maximum atomic E-state index is 5.95. The van der Waals surface area contributed by atoms with E-state index in [1.165, 1.54) is 44.1 Å². The van der Waals surface area contributed by atoms with Crippen molar-refractivity contribution in [1.82, 2.24) is 0 Å². The highest BCUT2D eigenvalue weighted by molar-refractivity contribution is 5.13. The Morgan fingerprint density at radius 1 is 1.00 bits per heavy atom. The average molecular weight is 217 g/mol. The Bertz CT molecular complexity index is 273. The van der Waals surface area contributed by atoms with Crippen LogP contribution >= 0.6 is 0 Å². The molecular formula is C15H21O. The summed E-state index contributed by atoms with van der Waals surface area (Å²) in [6.07, 6.45) is 10.6. The lowest BCUT2D eigenvalue weighted by molar-refractivity contribution is 0.0502. The number of ether oxygens (including phenoxy) is 1. The van der Waals surface area contributed by atoms with Gasteiger partial charge in [0.2, 0.25) is 0 Å². The van der Waals surface area contributed by atoms with E-state index in [0.717, 1.165) is 6.61 Å². The first-order valence-corrected chi connectivity index (χ1v) is 6.44. The van der Waals surface area contributed by atoms with Crippen molar-refractivity contribution in [3.8, 4) is 0 Å². The molecule has 1 saturated carbocycles. The van der Waals surface area contributed by atoms with Crippen LogP contribution in [0.1, 0.15) is 44.1 Å². The van der Waals surface area contributed by atoms with Gasteiger partial charge in [0.1, 0.15) is 0 Å². The van der Waals surface area contributed by atoms with Crippen molar-refractivity contribution in [2.45, 2.75) is 51.2 Å². The van der Waals surface area contributed by atoms with Gasteiger partial charge in [-0.3, -0.25) is 0 Å². The Labute approximate surface area is 98.8 Å². The summed E-state index contributed by atoms with van der Waals surface area (Å²) in [5.41, 5.74) is 1.28. The van der Waals surface area contributed by atoms with E-state index in [-0.39, 0.29) is 0 Å². The molecule has 0 aromatic heterocycles. The van der Waals surface area contributed by atoms with Crippen LogP contribution in [-0.2, 0) is 11.3 Å². The molecule has 1 aromatic rings. The number of benzene rings is 1. The van der Waals surface area contributed by atoms with Crippen LogP contribution in [0.15, 0.2) is 30.3 Å². The molecule has 16 heavy (non-hydrogen) atoms. The van der Waals surface area contributed by atoms with E-state index >= 15 is 0 Å². The molecule has 1 aromatic carbocycles. The van der Waals surface area contributed by atoms with Gasteiger partial charge in [0.05, 0.1) is 12.7 Å². The van der Waals surface area contributed by atoms with E-state index in [0.29, 0.717) is 6.10 Å². The molecule has 1 heteroatoms. The zero-order valence-electron chi connectivity index (χ0n) is 9.90. The molecule has 0 heterocycles. The van der Waals surface area contributed by atoms with Gasteiger partial charge in [0, 0.05) is 0 Å². The smallest absolute Gasteiger partial charge is 0.0720 e. The monoisotopic (exact) mass is 217 g/mol. The van der Waals surface area contributed by atoms with E-state index in [9.17, 15) is 0 Å². The highest BCUT2D eigenvalue weighted by atomic mass is 16.5. The molecule has 1 aliphatic carbocycles. The zero-order valence-corrected chi connectivity index (χ0v) is 9.90. The Hall–Kier alpha value is -0.820. The van der Waals surface area contributed by atoms with Crippen molar-refractivity contribution in [3.05, 3.63) is 42.3 Å². The van der Waals surface area contributed by atoms with E-state index in [1.807, 2.05) is 6.07 Å². The lowest BCUT2D eigenvalue weighted by Crippen LogP contribution is -2.15. The van der Waals surface area contributed by atoms with Crippen molar-refractivity contribution >= 4 is 0 Å². The molecule has 1 unspecified atom stereocenters. The minimum absolute atomic E-state index is 0.375. The van der Waals surface area contributed by atoms with Crippen LogP contribution in [0.2, 0.25) is 0 Å². The topological polar surface area (TPSA) is 9.23 Å². The van der Waals surface area contributed by atoms with Crippen molar-refractivity contribution in [2.75, 3.05) is 0 Å². The average Bonchev–Trinajstić information content (AvgIpc) is 2.29. The minimum atomic E-state index is 0.375. The number of hydrogen-bond acceptors (Lipinski definition) is 1. The van der Waals surface area contributed by atoms with Gasteiger partial charge in [-0.1, -0.05) is 56.0 Å². The van der Waals surface area contributed by atoms with Gasteiger partial charge in [-0.15, -0.1) is 0 Å². The second-order valence-corrected chi connectivity index (χ2v) is 4.56. The third-order valence-electron chi connectivity index (χ3n) is 3.18.